The normalized spacial score (nSPS) is 16.9. The quantitative estimate of drug-likeness (QED) is 0.506. The molecular weight excluding hydrogens is 426 g/mol. The third-order valence-corrected chi connectivity index (χ3v) is 5.78. The Hall–Kier alpha value is -3.04. The van der Waals surface area contributed by atoms with Gasteiger partial charge >= 0.3 is 0 Å². The van der Waals surface area contributed by atoms with Gasteiger partial charge in [-0.25, -0.2) is 13.5 Å². The smallest absolute Gasteiger partial charge is 0.246 e. The molecule has 1 aliphatic heterocycles. The minimum atomic E-state index is -0.662. The predicted molar refractivity (Wildman–Crippen MR) is 128 cm³/mol. The van der Waals surface area contributed by atoms with Crippen LogP contribution in [0.4, 0.5) is 26.1 Å². The van der Waals surface area contributed by atoms with Gasteiger partial charge in [0.1, 0.15) is 18.0 Å². The molecule has 1 N–H and O–H groups in total. The molecule has 1 atom stereocenters. The van der Waals surface area contributed by atoms with Crippen molar-refractivity contribution in [2.24, 2.45) is 0 Å². The van der Waals surface area contributed by atoms with Crippen molar-refractivity contribution in [3.63, 3.8) is 0 Å². The second-order valence-electron chi connectivity index (χ2n) is 8.35. The molecule has 0 amide bonds. The van der Waals surface area contributed by atoms with Crippen LogP contribution >= 0.6 is 0 Å². The van der Waals surface area contributed by atoms with E-state index in [2.05, 4.69) is 51.2 Å². The van der Waals surface area contributed by atoms with E-state index in [1.807, 2.05) is 13.0 Å². The summed E-state index contributed by atoms with van der Waals surface area (Å²) < 4.78 is 33.9. The highest BCUT2D eigenvalue weighted by molar-refractivity contribution is 5.64. The van der Waals surface area contributed by atoms with Crippen LogP contribution in [0.1, 0.15) is 20.8 Å². The summed E-state index contributed by atoms with van der Waals surface area (Å²) in [5, 5.41) is 7.53. The van der Waals surface area contributed by atoms with Gasteiger partial charge in [-0.05, 0) is 56.7 Å². The van der Waals surface area contributed by atoms with Gasteiger partial charge in [0.15, 0.2) is 0 Å². The molecule has 7 nitrogen and oxygen atoms in total. The molecule has 1 saturated heterocycles. The third kappa shape index (κ3) is 5.85. The average molecular weight is 459 g/mol. The lowest BCUT2D eigenvalue weighted by atomic mass is 10.1. The molecule has 2 heterocycles. The summed E-state index contributed by atoms with van der Waals surface area (Å²) in [6, 6.07) is 9.96. The molecule has 178 valence electrons. The number of rotatable bonds is 8. The number of ether oxygens (including phenoxy) is 1. The van der Waals surface area contributed by atoms with Gasteiger partial charge in [0.2, 0.25) is 5.95 Å². The largest absolute Gasteiger partial charge is 0.380 e. The van der Waals surface area contributed by atoms with E-state index in [-0.39, 0.29) is 7.11 Å². The van der Waals surface area contributed by atoms with Crippen molar-refractivity contribution in [2.45, 2.75) is 26.8 Å². The molecule has 1 aliphatic rings. The Morgan fingerprint density at radius 2 is 1.88 bits per heavy atom. The summed E-state index contributed by atoms with van der Waals surface area (Å²) >= 11 is 0. The first-order valence-corrected chi connectivity index (χ1v) is 11.2. The first kappa shape index (κ1) is 23.1. The fourth-order valence-corrected chi connectivity index (χ4v) is 4.15. The van der Waals surface area contributed by atoms with E-state index in [0.717, 1.165) is 62.4 Å². The Bertz CT molecular complexity index is 1070. The van der Waals surface area contributed by atoms with Crippen molar-refractivity contribution >= 4 is 17.3 Å². The van der Waals surface area contributed by atoms with Gasteiger partial charge in [-0.15, -0.1) is 5.10 Å². The van der Waals surface area contributed by atoms with E-state index in [9.17, 15) is 8.78 Å². The second-order valence-corrected chi connectivity index (χ2v) is 8.35. The molecule has 4 rings (SSSR count). The van der Waals surface area contributed by atoms with Crippen molar-refractivity contribution in [3.05, 3.63) is 59.9 Å². The zero-order valence-electron chi connectivity index (χ0n) is 19.3. The van der Waals surface area contributed by atoms with E-state index in [1.165, 1.54) is 23.1 Å². The minimum Gasteiger partial charge on any atom is -0.380 e. The lowest BCUT2D eigenvalue weighted by Gasteiger charge is -2.41. The number of nitrogens with one attached hydrogen (secondary N) is 1. The highest BCUT2D eigenvalue weighted by atomic mass is 19.1. The molecule has 2 aromatic carbocycles. The Balaban J connectivity index is 0.00000324. The number of benzene rings is 2. The average Bonchev–Trinajstić information content (AvgIpc) is 3.22. The molecule has 0 bridgehead atoms. The van der Waals surface area contributed by atoms with Gasteiger partial charge in [-0.3, -0.25) is 4.90 Å². The van der Waals surface area contributed by atoms with E-state index in [4.69, 9.17) is 4.74 Å². The van der Waals surface area contributed by atoms with Gasteiger partial charge in [-0.1, -0.05) is 0 Å². The summed E-state index contributed by atoms with van der Waals surface area (Å²) in [7, 11) is 0. The van der Waals surface area contributed by atoms with Crippen LogP contribution in [0.15, 0.2) is 42.7 Å². The molecule has 0 saturated carbocycles. The maximum Gasteiger partial charge on any atom is 0.246 e. The highest BCUT2D eigenvalue weighted by Crippen LogP contribution is 2.26. The lowest BCUT2D eigenvalue weighted by Crippen LogP contribution is -2.52. The van der Waals surface area contributed by atoms with Crippen LogP contribution in [0.5, 0.6) is 0 Å². The Morgan fingerprint density at radius 1 is 1.09 bits per heavy atom. The van der Waals surface area contributed by atoms with Crippen LogP contribution < -0.4 is 10.2 Å². The number of aromatic nitrogens is 3. The number of halogens is 2. The van der Waals surface area contributed by atoms with Crippen LogP contribution in [0.3, 0.4) is 0 Å². The van der Waals surface area contributed by atoms with Gasteiger partial charge in [0.05, 0.1) is 12.3 Å². The first-order chi connectivity index (χ1) is 15.9. The van der Waals surface area contributed by atoms with E-state index >= 15 is 0 Å². The van der Waals surface area contributed by atoms with Crippen LogP contribution in [-0.4, -0.2) is 65.1 Å². The summed E-state index contributed by atoms with van der Waals surface area (Å²) in [5.41, 5.74) is 3.39. The maximum atomic E-state index is 13.5. The predicted octanol–water partition coefficient (Wildman–Crippen LogP) is 4.39. The molecule has 3 aromatic rings. The van der Waals surface area contributed by atoms with Gasteiger partial charge < -0.3 is 15.0 Å². The number of hydrogen-bond acceptors (Lipinski definition) is 6. The fraction of sp³-hybridized carbons (Fsp3) is 0.417. The van der Waals surface area contributed by atoms with Crippen molar-refractivity contribution < 1.29 is 14.9 Å². The van der Waals surface area contributed by atoms with Crippen molar-refractivity contribution in [2.75, 3.05) is 49.6 Å². The third-order valence-electron chi connectivity index (χ3n) is 5.78. The van der Waals surface area contributed by atoms with Crippen LogP contribution in [0.2, 0.25) is 0 Å². The van der Waals surface area contributed by atoms with Gasteiger partial charge in [-0.2, -0.15) is 4.98 Å². The van der Waals surface area contributed by atoms with Crippen LogP contribution in [-0.2, 0) is 4.74 Å². The van der Waals surface area contributed by atoms with Crippen LogP contribution in [0, 0.1) is 18.6 Å². The maximum absolute atomic E-state index is 13.5. The number of aryl methyl sites for hydroxylation is 1. The summed E-state index contributed by atoms with van der Waals surface area (Å²) in [4.78, 5) is 9.10. The standard InChI is InChI=1S/C24H30F2N6O.H2/c1-4-33-8-7-30-5-6-31(15-18(30)3)22-10-17(2)9-21(14-22)28-24-27-16-32(29-24)23-12-19(25)11-20(26)13-23;/h9-14,16,18H,4-8,15H2,1-3H3,(H,28,29);1H. The van der Waals surface area contributed by atoms with Gasteiger partial charge in [0.25, 0.3) is 0 Å². The number of hydrogen-bond donors (Lipinski definition) is 1. The number of piperazine rings is 1. The number of anilines is 3. The van der Waals surface area contributed by atoms with Crippen molar-refractivity contribution in [1.82, 2.24) is 19.7 Å². The minimum absolute atomic E-state index is 0. The Labute approximate surface area is 194 Å². The Kier molecular flexibility index (Phi) is 7.20. The fourth-order valence-electron chi connectivity index (χ4n) is 4.15. The molecule has 33 heavy (non-hydrogen) atoms. The molecule has 1 aromatic heterocycles. The second kappa shape index (κ2) is 10.3. The molecule has 9 heteroatoms. The topological polar surface area (TPSA) is 58.5 Å². The lowest BCUT2D eigenvalue weighted by molar-refractivity contribution is 0.0926. The molecule has 1 unspecified atom stereocenters. The summed E-state index contributed by atoms with van der Waals surface area (Å²) in [6.45, 7) is 11.7. The zero-order chi connectivity index (χ0) is 23.4. The molecule has 0 aliphatic carbocycles. The van der Waals surface area contributed by atoms with Crippen molar-refractivity contribution in [1.29, 1.82) is 0 Å². The molecule has 0 spiro atoms. The highest BCUT2D eigenvalue weighted by Gasteiger charge is 2.24. The molecule has 0 radical (unpaired) electrons. The SMILES string of the molecule is CCOCCN1CCN(c2cc(C)cc(Nc3ncn(-c4cc(F)cc(F)c4)n3)c2)CC1C.[HH]. The summed E-state index contributed by atoms with van der Waals surface area (Å²) in [5.74, 6) is -0.971. The monoisotopic (exact) mass is 458 g/mol. The van der Waals surface area contributed by atoms with E-state index in [1.54, 1.807) is 0 Å². The van der Waals surface area contributed by atoms with Crippen molar-refractivity contribution in [3.8, 4) is 5.69 Å². The zero-order valence-corrected chi connectivity index (χ0v) is 19.3. The summed E-state index contributed by atoms with van der Waals surface area (Å²) in [6.07, 6.45) is 1.43. The van der Waals surface area contributed by atoms with Gasteiger partial charge in [0, 0.05) is 57.7 Å². The van der Waals surface area contributed by atoms with E-state index in [0.29, 0.717) is 12.0 Å². The van der Waals surface area contributed by atoms with E-state index < -0.39 is 11.6 Å². The first-order valence-electron chi connectivity index (χ1n) is 11.2. The molecule has 1 fully saturated rings. The molecular formula is C24H32F2N6O. The number of nitrogens with zero attached hydrogens (tertiary/aromatic N) is 5. The Morgan fingerprint density at radius 3 is 2.61 bits per heavy atom. The van der Waals surface area contributed by atoms with Crippen LogP contribution in [0.25, 0.3) is 5.69 Å².